The van der Waals surface area contributed by atoms with Gasteiger partial charge in [0.1, 0.15) is 5.75 Å². The molecule has 0 unspecified atom stereocenters. The number of hydrogen-bond acceptors (Lipinski definition) is 7. The number of carbonyl (C=O) groups is 2. The van der Waals surface area contributed by atoms with Crippen molar-refractivity contribution in [2.45, 2.75) is 0 Å². The van der Waals surface area contributed by atoms with Crippen LogP contribution in [0, 0.1) is 0 Å². The highest BCUT2D eigenvalue weighted by Crippen LogP contribution is 2.38. The second-order valence-electron chi connectivity index (χ2n) is 6.44. The molecule has 3 aromatic carbocycles. The monoisotopic (exact) mass is 434 g/mol. The Bertz CT molecular complexity index is 1100. The van der Waals surface area contributed by atoms with E-state index in [2.05, 4.69) is 10.5 Å². The summed E-state index contributed by atoms with van der Waals surface area (Å²) in [6.45, 7) is 0. The molecule has 1 N–H and O–H groups in total. The minimum Gasteiger partial charge on any atom is -0.493 e. The van der Waals surface area contributed by atoms with Crippen LogP contribution in [-0.4, -0.2) is 39.4 Å². The summed E-state index contributed by atoms with van der Waals surface area (Å²) in [5.74, 6) is 0.529. The van der Waals surface area contributed by atoms with Gasteiger partial charge in [-0.1, -0.05) is 30.3 Å². The molecule has 3 aromatic rings. The predicted octanol–water partition coefficient (Wildman–Crippen LogP) is 3.70. The quantitative estimate of drug-likeness (QED) is 0.251. The number of ether oxygens (including phenoxy) is 4. The zero-order valence-electron chi connectivity index (χ0n) is 17.8. The van der Waals surface area contributed by atoms with Crippen molar-refractivity contribution in [3.05, 3.63) is 83.4 Å². The molecular weight excluding hydrogens is 412 g/mol. The van der Waals surface area contributed by atoms with Crippen molar-refractivity contribution in [3.8, 4) is 23.0 Å². The number of carbonyl (C=O) groups excluding carboxylic acids is 2. The Morgan fingerprint density at radius 3 is 2.12 bits per heavy atom. The standard InChI is InChI=1S/C24H22N2O6/c1-29-20-13-18(14-21(30-2)22(20)31-3)23(27)26-25-15-16-8-7-11-19(12-16)32-24(28)17-9-5-4-6-10-17/h4-15H,1-3H3,(H,26,27). The van der Waals surface area contributed by atoms with Crippen LogP contribution in [0.3, 0.4) is 0 Å². The predicted molar refractivity (Wildman–Crippen MR) is 119 cm³/mol. The van der Waals surface area contributed by atoms with Crippen molar-refractivity contribution in [3.63, 3.8) is 0 Å². The Labute approximate surface area is 185 Å². The first-order valence-electron chi connectivity index (χ1n) is 9.56. The van der Waals surface area contributed by atoms with E-state index in [1.807, 2.05) is 6.07 Å². The molecule has 8 heteroatoms. The first-order valence-corrected chi connectivity index (χ1v) is 9.56. The van der Waals surface area contributed by atoms with Crippen molar-refractivity contribution < 1.29 is 28.5 Å². The molecule has 0 aliphatic heterocycles. The van der Waals surface area contributed by atoms with Crippen molar-refractivity contribution in [2.24, 2.45) is 5.10 Å². The van der Waals surface area contributed by atoms with Gasteiger partial charge in [-0.3, -0.25) is 4.79 Å². The number of nitrogens with zero attached hydrogens (tertiary/aromatic N) is 1. The second-order valence-corrected chi connectivity index (χ2v) is 6.44. The van der Waals surface area contributed by atoms with Gasteiger partial charge in [0.15, 0.2) is 11.5 Å². The molecule has 0 aromatic heterocycles. The summed E-state index contributed by atoms with van der Waals surface area (Å²) in [7, 11) is 4.42. The van der Waals surface area contributed by atoms with Crippen LogP contribution in [0.1, 0.15) is 26.3 Å². The Balaban J connectivity index is 1.68. The topological polar surface area (TPSA) is 95.5 Å². The first-order chi connectivity index (χ1) is 15.5. The molecule has 0 aliphatic rings. The van der Waals surface area contributed by atoms with E-state index in [1.165, 1.54) is 39.7 Å². The molecule has 0 heterocycles. The van der Waals surface area contributed by atoms with Gasteiger partial charge in [-0.25, -0.2) is 10.2 Å². The van der Waals surface area contributed by atoms with Crippen LogP contribution in [0.5, 0.6) is 23.0 Å². The zero-order valence-corrected chi connectivity index (χ0v) is 17.8. The minimum absolute atomic E-state index is 0.280. The van der Waals surface area contributed by atoms with Crippen LogP contribution in [0.4, 0.5) is 0 Å². The highest BCUT2D eigenvalue weighted by atomic mass is 16.5. The fourth-order valence-corrected chi connectivity index (χ4v) is 2.84. The van der Waals surface area contributed by atoms with E-state index in [-0.39, 0.29) is 5.56 Å². The van der Waals surface area contributed by atoms with E-state index >= 15 is 0 Å². The third-order valence-corrected chi connectivity index (χ3v) is 4.38. The maximum Gasteiger partial charge on any atom is 0.343 e. The van der Waals surface area contributed by atoms with E-state index in [9.17, 15) is 9.59 Å². The lowest BCUT2D eigenvalue weighted by Crippen LogP contribution is -2.18. The molecule has 3 rings (SSSR count). The molecule has 32 heavy (non-hydrogen) atoms. The van der Waals surface area contributed by atoms with Crippen LogP contribution in [0.15, 0.2) is 71.8 Å². The Morgan fingerprint density at radius 2 is 1.50 bits per heavy atom. The Morgan fingerprint density at radius 1 is 0.812 bits per heavy atom. The maximum atomic E-state index is 12.5. The number of esters is 1. The molecule has 0 saturated heterocycles. The van der Waals surface area contributed by atoms with Gasteiger partial charge in [0.05, 0.1) is 33.1 Å². The lowest BCUT2D eigenvalue weighted by atomic mass is 10.1. The van der Waals surface area contributed by atoms with Crippen LogP contribution in [-0.2, 0) is 0 Å². The highest BCUT2D eigenvalue weighted by molar-refractivity contribution is 5.96. The van der Waals surface area contributed by atoms with Crippen LogP contribution in [0.25, 0.3) is 0 Å². The van der Waals surface area contributed by atoms with Gasteiger partial charge >= 0.3 is 5.97 Å². The molecule has 0 spiro atoms. The van der Waals surface area contributed by atoms with Crippen LogP contribution >= 0.6 is 0 Å². The van der Waals surface area contributed by atoms with E-state index in [0.717, 1.165) is 0 Å². The molecule has 0 bridgehead atoms. The third-order valence-electron chi connectivity index (χ3n) is 4.38. The van der Waals surface area contributed by atoms with Gasteiger partial charge < -0.3 is 18.9 Å². The van der Waals surface area contributed by atoms with Gasteiger partial charge in [0.25, 0.3) is 5.91 Å². The van der Waals surface area contributed by atoms with Gasteiger partial charge in [-0.2, -0.15) is 5.10 Å². The lowest BCUT2D eigenvalue weighted by Gasteiger charge is -2.13. The number of rotatable bonds is 8. The van der Waals surface area contributed by atoms with Crippen molar-refractivity contribution in [2.75, 3.05) is 21.3 Å². The van der Waals surface area contributed by atoms with Gasteiger partial charge in [0, 0.05) is 5.56 Å². The average Bonchev–Trinajstić information content (AvgIpc) is 2.83. The largest absolute Gasteiger partial charge is 0.493 e. The zero-order chi connectivity index (χ0) is 22.9. The average molecular weight is 434 g/mol. The van der Waals surface area contributed by atoms with Crippen molar-refractivity contribution >= 4 is 18.1 Å². The molecular formula is C24H22N2O6. The summed E-state index contributed by atoms with van der Waals surface area (Å²) in [5, 5.41) is 3.97. The molecule has 0 saturated carbocycles. The number of hydrazone groups is 1. The summed E-state index contributed by atoms with van der Waals surface area (Å²) >= 11 is 0. The van der Waals surface area contributed by atoms with Crippen molar-refractivity contribution in [1.82, 2.24) is 5.43 Å². The van der Waals surface area contributed by atoms with E-state index in [4.69, 9.17) is 18.9 Å². The van der Waals surface area contributed by atoms with Crippen molar-refractivity contribution in [1.29, 1.82) is 0 Å². The number of amides is 1. The molecule has 8 nitrogen and oxygen atoms in total. The SMILES string of the molecule is COc1cc(C(=O)NN=Cc2cccc(OC(=O)c3ccccc3)c2)cc(OC)c1OC. The number of methoxy groups -OCH3 is 3. The van der Waals surface area contributed by atoms with Gasteiger partial charge in [-0.05, 0) is 42.0 Å². The molecule has 0 fully saturated rings. The van der Waals surface area contributed by atoms with E-state index < -0.39 is 11.9 Å². The summed E-state index contributed by atoms with van der Waals surface area (Å²) in [6, 6.07) is 18.5. The fraction of sp³-hybridized carbons (Fsp3) is 0.125. The number of benzene rings is 3. The summed E-state index contributed by atoms with van der Waals surface area (Å²) in [5.41, 5.74) is 3.81. The van der Waals surface area contributed by atoms with Crippen LogP contribution < -0.4 is 24.4 Å². The van der Waals surface area contributed by atoms with Gasteiger partial charge in [-0.15, -0.1) is 0 Å². The fourth-order valence-electron chi connectivity index (χ4n) is 2.84. The summed E-state index contributed by atoms with van der Waals surface area (Å²) in [6.07, 6.45) is 1.44. The Hall–Kier alpha value is -4.33. The molecule has 164 valence electrons. The first kappa shape index (κ1) is 22.4. The molecule has 0 atom stereocenters. The van der Waals surface area contributed by atoms with Gasteiger partial charge in [0.2, 0.25) is 5.75 Å². The number of nitrogens with one attached hydrogen (secondary N) is 1. The normalized spacial score (nSPS) is 10.5. The minimum atomic E-state index is -0.466. The third kappa shape index (κ3) is 5.42. The van der Waals surface area contributed by atoms with Crippen LogP contribution in [0.2, 0.25) is 0 Å². The number of hydrogen-bond donors (Lipinski definition) is 1. The molecule has 0 radical (unpaired) electrons. The van der Waals surface area contributed by atoms with E-state index in [0.29, 0.717) is 34.1 Å². The highest BCUT2D eigenvalue weighted by Gasteiger charge is 2.16. The lowest BCUT2D eigenvalue weighted by molar-refractivity contribution is 0.0734. The molecule has 0 aliphatic carbocycles. The smallest absolute Gasteiger partial charge is 0.343 e. The summed E-state index contributed by atoms with van der Waals surface area (Å²) in [4.78, 5) is 24.7. The van der Waals surface area contributed by atoms with E-state index in [1.54, 1.807) is 48.5 Å². The molecule has 1 amide bonds. The Kier molecular flexibility index (Phi) is 7.42. The summed E-state index contributed by atoms with van der Waals surface area (Å²) < 4.78 is 21.1. The maximum absolute atomic E-state index is 12.5. The second kappa shape index (κ2) is 10.6.